The van der Waals surface area contributed by atoms with Gasteiger partial charge in [-0.2, -0.15) is 0 Å². The normalized spacial score (nSPS) is 23.7. The predicted octanol–water partition coefficient (Wildman–Crippen LogP) is 2.19. The van der Waals surface area contributed by atoms with Crippen molar-refractivity contribution in [1.82, 2.24) is 0 Å². The zero-order chi connectivity index (χ0) is 13.3. The molecule has 2 rings (SSSR count). The van der Waals surface area contributed by atoms with Crippen LogP contribution >= 0.6 is 10.9 Å². The van der Waals surface area contributed by atoms with Crippen LogP contribution in [0.5, 0.6) is 0 Å². The van der Waals surface area contributed by atoms with Crippen LogP contribution in [-0.4, -0.2) is 33.5 Å². The smallest absolute Gasteiger partial charge is 0.341 e. The van der Waals surface area contributed by atoms with Crippen molar-refractivity contribution in [2.24, 2.45) is 0 Å². The molecule has 1 heterocycles. The molecule has 8 heteroatoms. The topological polar surface area (TPSA) is 76.0 Å². The lowest BCUT2D eigenvalue weighted by molar-refractivity contribution is 0.0296. The fourth-order valence-electron chi connectivity index (χ4n) is 1.46. The van der Waals surface area contributed by atoms with E-state index in [9.17, 15) is 13.6 Å². The molecule has 1 aromatic rings. The molecule has 1 aliphatic rings. The second-order valence-corrected chi connectivity index (χ2v) is 5.49. The Morgan fingerprint density at radius 1 is 1.44 bits per heavy atom. The number of benzene rings is 1. The van der Waals surface area contributed by atoms with E-state index in [0.29, 0.717) is 6.07 Å². The Bertz CT molecular complexity index is 479. The average molecular weight is 280 g/mol. The average Bonchev–Trinajstić information content (AvgIpc) is 2.57. The Balaban J connectivity index is 2.04. The summed E-state index contributed by atoms with van der Waals surface area (Å²) in [5.74, 6) is -3.09. The van der Waals surface area contributed by atoms with Crippen molar-refractivity contribution >= 4 is 16.8 Å². The molecule has 1 fully saturated rings. The third-order valence-corrected chi connectivity index (χ3v) is 3.59. The minimum Gasteiger partial charge on any atom is -0.455 e. The van der Waals surface area contributed by atoms with Crippen molar-refractivity contribution < 1.29 is 31.6 Å². The quantitative estimate of drug-likeness (QED) is 0.812. The van der Waals surface area contributed by atoms with Gasteiger partial charge in [-0.3, -0.25) is 4.18 Å². The minimum absolute atomic E-state index is 0.170. The number of hydrogen-bond donors (Lipinski definition) is 2. The second kappa shape index (κ2) is 4.81. The number of hydrogen-bond acceptors (Lipinski definition) is 5. The first-order valence-corrected chi connectivity index (χ1v) is 6.58. The summed E-state index contributed by atoms with van der Waals surface area (Å²) in [6.07, 6.45) is -0.855. The van der Waals surface area contributed by atoms with E-state index >= 15 is 0 Å². The lowest BCUT2D eigenvalue weighted by Crippen LogP contribution is -2.22. The van der Waals surface area contributed by atoms with E-state index < -0.39 is 40.1 Å². The highest BCUT2D eigenvalue weighted by Gasteiger charge is 2.35. The summed E-state index contributed by atoms with van der Waals surface area (Å²) < 4.78 is 53.6. The third-order valence-electron chi connectivity index (χ3n) is 2.27. The summed E-state index contributed by atoms with van der Waals surface area (Å²) in [6, 6.07) is 2.45. The van der Waals surface area contributed by atoms with Crippen LogP contribution in [0, 0.1) is 11.6 Å². The Morgan fingerprint density at radius 2 is 2.17 bits per heavy atom. The van der Waals surface area contributed by atoms with E-state index in [1.165, 1.54) is 0 Å². The lowest BCUT2D eigenvalue weighted by atomic mass is 10.2. The van der Waals surface area contributed by atoms with Gasteiger partial charge in [0, 0.05) is 6.07 Å². The molecule has 1 aromatic carbocycles. The molecular formula is C10H10F2O5S. The number of carbonyl (C=O) groups excluding carboxylic acids is 1. The van der Waals surface area contributed by atoms with Gasteiger partial charge in [-0.25, -0.2) is 13.6 Å². The van der Waals surface area contributed by atoms with Crippen molar-refractivity contribution in [1.29, 1.82) is 0 Å². The monoisotopic (exact) mass is 280 g/mol. The van der Waals surface area contributed by atoms with Crippen molar-refractivity contribution in [3.63, 3.8) is 0 Å². The van der Waals surface area contributed by atoms with Gasteiger partial charge >= 0.3 is 5.97 Å². The molecule has 1 saturated heterocycles. The highest BCUT2D eigenvalue weighted by atomic mass is 32.3. The van der Waals surface area contributed by atoms with Gasteiger partial charge in [-0.05, 0) is 12.1 Å². The Morgan fingerprint density at radius 3 is 2.72 bits per heavy atom. The molecule has 1 unspecified atom stereocenters. The lowest BCUT2D eigenvalue weighted by Gasteiger charge is -2.17. The van der Waals surface area contributed by atoms with Crippen molar-refractivity contribution in [2.75, 3.05) is 12.4 Å². The third kappa shape index (κ3) is 2.96. The Labute approximate surface area is 103 Å². The van der Waals surface area contributed by atoms with Gasteiger partial charge in [0.15, 0.2) is 0 Å². The van der Waals surface area contributed by atoms with Crippen LogP contribution in [0.3, 0.4) is 0 Å². The first kappa shape index (κ1) is 13.2. The fourth-order valence-corrected chi connectivity index (χ4v) is 2.58. The van der Waals surface area contributed by atoms with Crippen LogP contribution in [0.25, 0.3) is 0 Å². The first-order chi connectivity index (χ1) is 8.37. The number of rotatable bonds is 2. The summed E-state index contributed by atoms with van der Waals surface area (Å²) in [6.45, 7) is -0.170. The molecule has 0 aromatic heterocycles. The van der Waals surface area contributed by atoms with Crippen molar-refractivity contribution in [3.05, 3.63) is 35.4 Å². The van der Waals surface area contributed by atoms with E-state index in [2.05, 4.69) is 4.18 Å². The molecule has 0 amide bonds. The predicted molar refractivity (Wildman–Crippen MR) is 59.2 cm³/mol. The molecule has 5 nitrogen and oxygen atoms in total. The van der Waals surface area contributed by atoms with Crippen LogP contribution in [0.1, 0.15) is 10.4 Å². The van der Waals surface area contributed by atoms with Crippen molar-refractivity contribution in [3.8, 4) is 0 Å². The molecule has 1 aliphatic heterocycles. The van der Waals surface area contributed by atoms with Crippen LogP contribution in [0.2, 0.25) is 0 Å². The zero-order valence-corrected chi connectivity index (χ0v) is 9.82. The summed E-state index contributed by atoms with van der Waals surface area (Å²) in [4.78, 5) is 11.5. The molecule has 100 valence electrons. The number of ether oxygens (including phenoxy) is 1. The van der Waals surface area contributed by atoms with Gasteiger partial charge in [0.25, 0.3) is 0 Å². The molecule has 2 N–H and O–H groups in total. The second-order valence-electron chi connectivity index (χ2n) is 3.71. The van der Waals surface area contributed by atoms with Crippen LogP contribution in [0.4, 0.5) is 8.78 Å². The molecule has 0 aliphatic carbocycles. The Hall–Kier alpha value is -1.22. The van der Waals surface area contributed by atoms with E-state index in [1.807, 2.05) is 0 Å². The fraction of sp³-hybridized carbons (Fsp3) is 0.300. The number of esters is 1. The van der Waals surface area contributed by atoms with Crippen molar-refractivity contribution in [2.45, 2.75) is 6.10 Å². The minimum atomic E-state index is -3.17. The largest absolute Gasteiger partial charge is 0.455 e. The van der Waals surface area contributed by atoms with Crippen LogP contribution in [0.15, 0.2) is 18.2 Å². The maximum Gasteiger partial charge on any atom is 0.341 e. The van der Waals surface area contributed by atoms with Gasteiger partial charge < -0.3 is 13.8 Å². The molecule has 0 spiro atoms. The first-order valence-electron chi connectivity index (χ1n) is 4.94. The molecule has 0 radical (unpaired) electrons. The number of carbonyl (C=O) groups is 1. The van der Waals surface area contributed by atoms with Gasteiger partial charge in [-0.1, -0.05) is 0 Å². The van der Waals surface area contributed by atoms with Gasteiger partial charge in [0.05, 0.1) is 22.2 Å². The van der Waals surface area contributed by atoms with Gasteiger partial charge in [-0.15, -0.1) is 0 Å². The summed E-state index contributed by atoms with van der Waals surface area (Å²) in [5, 5.41) is 0. The standard InChI is InChI=1S/C10H10F2O5S/c11-6-1-2-8(9(12)3-6)10(13)17-7-4-16-18(14,15)5-7/h1-3,7,14-15H,4-5H2. The summed E-state index contributed by atoms with van der Waals surface area (Å²) in [5.41, 5.74) is -0.417. The van der Waals surface area contributed by atoms with Crippen LogP contribution in [-0.2, 0) is 8.92 Å². The highest BCUT2D eigenvalue weighted by molar-refractivity contribution is 8.20. The van der Waals surface area contributed by atoms with Crippen LogP contribution < -0.4 is 0 Å². The van der Waals surface area contributed by atoms with E-state index in [4.69, 9.17) is 13.8 Å². The molecule has 0 bridgehead atoms. The maximum absolute atomic E-state index is 13.3. The van der Waals surface area contributed by atoms with E-state index in [0.717, 1.165) is 12.1 Å². The summed E-state index contributed by atoms with van der Waals surface area (Å²) >= 11 is 0. The summed E-state index contributed by atoms with van der Waals surface area (Å²) in [7, 11) is -3.17. The SMILES string of the molecule is O=C(OC1COS(O)(O)C1)c1ccc(F)cc1F. The van der Waals surface area contributed by atoms with Gasteiger partial charge in [0.1, 0.15) is 24.3 Å². The molecular weight excluding hydrogens is 270 g/mol. The Kier molecular flexibility index (Phi) is 3.53. The zero-order valence-electron chi connectivity index (χ0n) is 9.01. The molecule has 0 saturated carbocycles. The van der Waals surface area contributed by atoms with E-state index in [-0.39, 0.29) is 12.4 Å². The molecule has 1 atom stereocenters. The molecule has 18 heavy (non-hydrogen) atoms. The van der Waals surface area contributed by atoms with Gasteiger partial charge in [0.2, 0.25) is 0 Å². The van der Waals surface area contributed by atoms with E-state index in [1.54, 1.807) is 0 Å². The maximum atomic E-state index is 13.3. The highest BCUT2D eigenvalue weighted by Crippen LogP contribution is 2.46. The number of halogens is 2.